The fourth-order valence-electron chi connectivity index (χ4n) is 4.88. The number of hydrogen-bond donors (Lipinski definition) is 1. The Kier molecular flexibility index (Phi) is 7.72. The van der Waals surface area contributed by atoms with Crippen molar-refractivity contribution in [1.82, 2.24) is 10.2 Å². The lowest BCUT2D eigenvalue weighted by Gasteiger charge is -2.22. The van der Waals surface area contributed by atoms with Gasteiger partial charge in [-0.25, -0.2) is 4.79 Å². The highest BCUT2D eigenvalue weighted by Gasteiger charge is 2.18. The monoisotopic (exact) mass is 434 g/mol. The molecular formula is C27H34N2O3. The van der Waals surface area contributed by atoms with E-state index in [4.69, 9.17) is 4.74 Å². The number of benzene rings is 2. The maximum absolute atomic E-state index is 12.8. The molecule has 0 unspecified atom stereocenters. The predicted octanol–water partition coefficient (Wildman–Crippen LogP) is 4.04. The van der Waals surface area contributed by atoms with E-state index in [1.807, 2.05) is 30.3 Å². The lowest BCUT2D eigenvalue weighted by atomic mass is 9.90. The van der Waals surface area contributed by atoms with E-state index in [9.17, 15) is 9.59 Å². The molecule has 0 bridgehead atoms. The van der Waals surface area contributed by atoms with Gasteiger partial charge < -0.3 is 10.1 Å². The zero-order valence-electron chi connectivity index (χ0n) is 19.1. The summed E-state index contributed by atoms with van der Waals surface area (Å²) in [7, 11) is 1.40. The molecule has 0 amide bonds. The molecule has 0 atom stereocenters. The minimum absolute atomic E-state index is 0.290. The number of ether oxygens (including phenoxy) is 1. The van der Waals surface area contributed by atoms with E-state index in [0.717, 1.165) is 57.5 Å². The van der Waals surface area contributed by atoms with Crippen molar-refractivity contribution in [2.24, 2.45) is 5.92 Å². The number of carbonyl (C=O) groups excluding carboxylic acids is 2. The van der Waals surface area contributed by atoms with Crippen LogP contribution in [-0.2, 0) is 24.1 Å². The fraction of sp³-hybridized carbons (Fsp3) is 0.481. The lowest BCUT2D eigenvalue weighted by Crippen LogP contribution is -2.28. The van der Waals surface area contributed by atoms with Crippen LogP contribution in [0.1, 0.15) is 63.1 Å². The van der Waals surface area contributed by atoms with Crippen molar-refractivity contribution in [1.29, 1.82) is 0 Å². The lowest BCUT2D eigenvalue weighted by molar-refractivity contribution is 0.0600. The summed E-state index contributed by atoms with van der Waals surface area (Å²) in [4.78, 5) is 26.9. The molecule has 0 spiro atoms. The summed E-state index contributed by atoms with van der Waals surface area (Å²) in [5, 5.41) is 3.39. The second-order valence-corrected chi connectivity index (χ2v) is 9.10. The minimum Gasteiger partial charge on any atom is -0.465 e. The SMILES string of the molecule is COC(=O)c1ccc(CN2CCc3ccc(C(=O)CCC4CCNCC4)cc3CC2)cc1. The Labute approximate surface area is 191 Å². The predicted molar refractivity (Wildman–Crippen MR) is 126 cm³/mol. The number of nitrogens with one attached hydrogen (secondary N) is 1. The van der Waals surface area contributed by atoms with Crippen molar-refractivity contribution in [2.75, 3.05) is 33.3 Å². The molecule has 5 heteroatoms. The van der Waals surface area contributed by atoms with Crippen molar-refractivity contribution in [3.63, 3.8) is 0 Å². The van der Waals surface area contributed by atoms with Crippen molar-refractivity contribution in [3.8, 4) is 0 Å². The largest absolute Gasteiger partial charge is 0.465 e. The van der Waals surface area contributed by atoms with Crippen LogP contribution in [0.25, 0.3) is 0 Å². The molecule has 1 N–H and O–H groups in total. The van der Waals surface area contributed by atoms with Crippen LogP contribution in [0.5, 0.6) is 0 Å². The smallest absolute Gasteiger partial charge is 0.337 e. The second kappa shape index (κ2) is 10.9. The van der Waals surface area contributed by atoms with Crippen molar-refractivity contribution < 1.29 is 14.3 Å². The van der Waals surface area contributed by atoms with Crippen LogP contribution >= 0.6 is 0 Å². The maximum Gasteiger partial charge on any atom is 0.337 e. The molecule has 0 aliphatic carbocycles. The molecule has 1 fully saturated rings. The molecule has 32 heavy (non-hydrogen) atoms. The zero-order valence-corrected chi connectivity index (χ0v) is 19.1. The summed E-state index contributed by atoms with van der Waals surface area (Å²) in [6.45, 7) is 5.00. The number of ketones is 1. The molecule has 0 saturated carbocycles. The third-order valence-electron chi connectivity index (χ3n) is 6.94. The summed E-state index contributed by atoms with van der Waals surface area (Å²) < 4.78 is 4.77. The Hall–Kier alpha value is -2.50. The van der Waals surface area contributed by atoms with Crippen LogP contribution in [0, 0.1) is 5.92 Å². The van der Waals surface area contributed by atoms with Crippen molar-refractivity contribution in [2.45, 2.75) is 45.1 Å². The quantitative estimate of drug-likeness (QED) is 0.527. The van der Waals surface area contributed by atoms with Gasteiger partial charge in [0.1, 0.15) is 0 Å². The number of methoxy groups -OCH3 is 1. The van der Waals surface area contributed by atoms with Gasteiger partial charge in [-0.15, -0.1) is 0 Å². The number of fused-ring (bicyclic) bond motifs is 1. The van der Waals surface area contributed by atoms with E-state index in [1.54, 1.807) is 0 Å². The van der Waals surface area contributed by atoms with Gasteiger partial charge in [-0.3, -0.25) is 9.69 Å². The van der Waals surface area contributed by atoms with Gasteiger partial charge in [0.2, 0.25) is 0 Å². The van der Waals surface area contributed by atoms with E-state index in [2.05, 4.69) is 22.3 Å². The molecule has 2 aliphatic heterocycles. The van der Waals surface area contributed by atoms with Crippen LogP contribution in [0.4, 0.5) is 0 Å². The first kappa shape index (κ1) is 22.7. The van der Waals surface area contributed by atoms with Crippen molar-refractivity contribution in [3.05, 3.63) is 70.3 Å². The number of nitrogens with zero attached hydrogens (tertiary/aromatic N) is 1. The van der Waals surface area contributed by atoms with Crippen LogP contribution in [0.15, 0.2) is 42.5 Å². The molecule has 5 nitrogen and oxygen atoms in total. The first-order chi connectivity index (χ1) is 15.6. The van der Waals surface area contributed by atoms with E-state index in [1.165, 1.54) is 36.6 Å². The van der Waals surface area contributed by atoms with E-state index in [-0.39, 0.29) is 11.8 Å². The van der Waals surface area contributed by atoms with Crippen LogP contribution in [-0.4, -0.2) is 49.9 Å². The average molecular weight is 435 g/mol. The highest BCUT2D eigenvalue weighted by Crippen LogP contribution is 2.23. The number of hydrogen-bond acceptors (Lipinski definition) is 5. The summed E-state index contributed by atoms with van der Waals surface area (Å²) in [5.74, 6) is 0.678. The Balaban J connectivity index is 1.32. The van der Waals surface area contributed by atoms with Gasteiger partial charge >= 0.3 is 5.97 Å². The van der Waals surface area contributed by atoms with Gasteiger partial charge in [0.15, 0.2) is 5.78 Å². The summed E-state index contributed by atoms with van der Waals surface area (Å²) in [6, 6.07) is 14.0. The molecule has 1 saturated heterocycles. The number of piperidine rings is 1. The van der Waals surface area contributed by atoms with Crippen LogP contribution < -0.4 is 5.32 Å². The molecule has 0 radical (unpaired) electrons. The topological polar surface area (TPSA) is 58.6 Å². The summed E-state index contributed by atoms with van der Waals surface area (Å²) in [6.07, 6.45) is 6.03. The standard InChI is InChI=1S/C27H34N2O3/c1-32-27(31)23-5-2-21(3-6-23)19-29-16-12-22-7-8-25(18-24(22)13-17-29)26(30)9-4-20-10-14-28-15-11-20/h2-3,5-8,18,20,28H,4,9-17,19H2,1H3. The second-order valence-electron chi connectivity index (χ2n) is 9.10. The van der Waals surface area contributed by atoms with E-state index in [0.29, 0.717) is 17.9 Å². The first-order valence-corrected chi connectivity index (χ1v) is 11.9. The van der Waals surface area contributed by atoms with Gasteiger partial charge in [-0.1, -0.05) is 24.3 Å². The Morgan fingerprint density at radius 1 is 0.969 bits per heavy atom. The third kappa shape index (κ3) is 5.84. The molecular weight excluding hydrogens is 400 g/mol. The zero-order chi connectivity index (χ0) is 22.3. The molecule has 2 aromatic rings. The van der Waals surface area contributed by atoms with Gasteiger partial charge in [0.25, 0.3) is 0 Å². The normalized spacial score (nSPS) is 17.4. The molecule has 4 rings (SSSR count). The summed E-state index contributed by atoms with van der Waals surface area (Å²) in [5.41, 5.74) is 5.34. The molecule has 2 heterocycles. The number of carbonyl (C=O) groups is 2. The number of rotatable bonds is 7. The van der Waals surface area contributed by atoms with E-state index < -0.39 is 0 Å². The maximum atomic E-state index is 12.8. The molecule has 2 aromatic carbocycles. The Bertz CT molecular complexity index is 932. The fourth-order valence-corrected chi connectivity index (χ4v) is 4.88. The minimum atomic E-state index is -0.303. The van der Waals surface area contributed by atoms with Crippen LogP contribution in [0.2, 0.25) is 0 Å². The van der Waals surface area contributed by atoms with E-state index >= 15 is 0 Å². The molecule has 170 valence electrons. The summed E-state index contributed by atoms with van der Waals surface area (Å²) >= 11 is 0. The number of esters is 1. The highest BCUT2D eigenvalue weighted by molar-refractivity contribution is 5.96. The van der Waals surface area contributed by atoms with Gasteiger partial charge in [0.05, 0.1) is 12.7 Å². The van der Waals surface area contributed by atoms with Gasteiger partial charge in [0, 0.05) is 31.6 Å². The van der Waals surface area contributed by atoms with Gasteiger partial charge in [-0.05, 0) is 86.0 Å². The molecule has 0 aromatic heterocycles. The Morgan fingerprint density at radius 2 is 1.66 bits per heavy atom. The van der Waals surface area contributed by atoms with Gasteiger partial charge in [-0.2, -0.15) is 0 Å². The third-order valence-corrected chi connectivity index (χ3v) is 6.94. The Morgan fingerprint density at radius 3 is 2.38 bits per heavy atom. The van der Waals surface area contributed by atoms with Crippen molar-refractivity contribution >= 4 is 11.8 Å². The highest BCUT2D eigenvalue weighted by atomic mass is 16.5. The number of Topliss-reactive ketones (excluding diaryl/α,β-unsaturated/α-hetero) is 1. The average Bonchev–Trinajstić information content (AvgIpc) is 3.05. The molecule has 2 aliphatic rings. The first-order valence-electron chi connectivity index (χ1n) is 11.9. The van der Waals surface area contributed by atoms with Crippen LogP contribution in [0.3, 0.4) is 0 Å².